The molecule has 82 valence electrons. The molecule has 0 amide bonds. The summed E-state index contributed by atoms with van der Waals surface area (Å²) < 4.78 is 9.61. The molecule has 14 heavy (non-hydrogen) atoms. The summed E-state index contributed by atoms with van der Waals surface area (Å²) in [4.78, 5) is 21.9. The molecule has 1 atom stereocenters. The molecule has 0 fully saturated rings. The highest BCUT2D eigenvalue weighted by atomic mass is 16.6. The van der Waals surface area contributed by atoms with Gasteiger partial charge in [0.2, 0.25) is 0 Å². The Hall–Kier alpha value is -1.10. The highest BCUT2D eigenvalue weighted by Gasteiger charge is 2.31. The zero-order valence-electron chi connectivity index (χ0n) is 8.86. The Morgan fingerprint density at radius 2 is 1.86 bits per heavy atom. The van der Waals surface area contributed by atoms with Gasteiger partial charge in [-0.15, -0.1) is 0 Å². The fourth-order valence-corrected chi connectivity index (χ4v) is 0.762. The lowest BCUT2D eigenvalue weighted by molar-refractivity contribution is -0.177. The summed E-state index contributed by atoms with van der Waals surface area (Å²) in [7, 11) is 0. The van der Waals surface area contributed by atoms with Gasteiger partial charge in [-0.05, 0) is 27.7 Å². The Morgan fingerprint density at radius 3 is 2.14 bits per heavy atom. The number of carbonyl (C=O) groups is 2. The highest BCUT2D eigenvalue weighted by molar-refractivity contribution is 5.97. The lowest BCUT2D eigenvalue weighted by atomic mass is 10.2. The van der Waals surface area contributed by atoms with Crippen LogP contribution in [0.5, 0.6) is 0 Å². The summed E-state index contributed by atoms with van der Waals surface area (Å²) in [6.07, 6.45) is -1.53. The second-order valence-electron chi connectivity index (χ2n) is 3.71. The average molecular weight is 204 g/mol. The van der Waals surface area contributed by atoms with Crippen molar-refractivity contribution in [2.45, 2.75) is 39.4 Å². The van der Waals surface area contributed by atoms with Crippen LogP contribution in [-0.4, -0.2) is 35.4 Å². The molecule has 0 aromatic heterocycles. The van der Waals surface area contributed by atoms with E-state index in [0.717, 1.165) is 0 Å². The van der Waals surface area contributed by atoms with Crippen LogP contribution in [0.4, 0.5) is 0 Å². The predicted molar refractivity (Wildman–Crippen MR) is 48.9 cm³/mol. The van der Waals surface area contributed by atoms with Gasteiger partial charge >= 0.3 is 11.9 Å². The highest BCUT2D eigenvalue weighted by Crippen LogP contribution is 2.09. The van der Waals surface area contributed by atoms with Crippen molar-refractivity contribution >= 4 is 11.9 Å². The van der Waals surface area contributed by atoms with Crippen molar-refractivity contribution in [3.8, 4) is 0 Å². The van der Waals surface area contributed by atoms with Crippen LogP contribution in [-0.2, 0) is 19.1 Å². The van der Waals surface area contributed by atoms with E-state index >= 15 is 0 Å². The molecule has 0 radical (unpaired) electrons. The van der Waals surface area contributed by atoms with Gasteiger partial charge in [-0.3, -0.25) is 0 Å². The summed E-state index contributed by atoms with van der Waals surface area (Å²) in [5.74, 6) is -2.20. The van der Waals surface area contributed by atoms with Gasteiger partial charge in [-0.25, -0.2) is 9.59 Å². The molecular formula is C9H16O5. The summed E-state index contributed by atoms with van der Waals surface area (Å²) in [5, 5.41) is 8.65. The lowest BCUT2D eigenvalue weighted by Crippen LogP contribution is -2.38. The van der Waals surface area contributed by atoms with E-state index < -0.39 is 23.6 Å². The average Bonchev–Trinajstić information content (AvgIpc) is 1.95. The first-order chi connectivity index (χ1) is 6.28. The van der Waals surface area contributed by atoms with E-state index in [-0.39, 0.29) is 6.61 Å². The normalized spacial score (nSPS) is 13.4. The van der Waals surface area contributed by atoms with Crippen molar-refractivity contribution in [2.75, 3.05) is 6.61 Å². The molecule has 0 aliphatic rings. The molecule has 0 bridgehead atoms. The molecule has 0 saturated heterocycles. The molecule has 1 unspecified atom stereocenters. The van der Waals surface area contributed by atoms with Crippen molar-refractivity contribution in [3.05, 3.63) is 0 Å². The Balaban J connectivity index is 4.38. The van der Waals surface area contributed by atoms with Crippen LogP contribution >= 0.6 is 0 Å². The Labute approximate surface area is 83.0 Å². The fourth-order valence-electron chi connectivity index (χ4n) is 0.762. The van der Waals surface area contributed by atoms with Crippen molar-refractivity contribution < 1.29 is 24.2 Å². The number of carboxylic acid groups (broad SMARTS) is 1. The maximum absolute atomic E-state index is 11.3. The summed E-state index contributed by atoms with van der Waals surface area (Å²) in [6, 6.07) is 0. The van der Waals surface area contributed by atoms with E-state index in [1.807, 2.05) is 0 Å². The van der Waals surface area contributed by atoms with Crippen LogP contribution in [0.15, 0.2) is 0 Å². The van der Waals surface area contributed by atoms with Crippen LogP contribution in [0.2, 0.25) is 0 Å². The number of aliphatic carboxylic acids is 1. The number of hydrogen-bond acceptors (Lipinski definition) is 4. The van der Waals surface area contributed by atoms with Crippen molar-refractivity contribution in [3.63, 3.8) is 0 Å². The van der Waals surface area contributed by atoms with Gasteiger partial charge in [-0.2, -0.15) is 0 Å². The van der Waals surface area contributed by atoms with Crippen LogP contribution in [0.1, 0.15) is 27.7 Å². The Bertz CT molecular complexity index is 216. The topological polar surface area (TPSA) is 72.8 Å². The Morgan fingerprint density at radius 1 is 1.36 bits per heavy atom. The molecule has 0 spiro atoms. The summed E-state index contributed by atoms with van der Waals surface area (Å²) >= 11 is 0. The zero-order valence-corrected chi connectivity index (χ0v) is 8.86. The van der Waals surface area contributed by atoms with E-state index in [1.54, 1.807) is 27.7 Å². The first kappa shape index (κ1) is 12.9. The molecule has 0 saturated carbocycles. The molecule has 5 nitrogen and oxygen atoms in total. The number of hydrogen-bond donors (Lipinski definition) is 1. The fraction of sp³-hybridized carbons (Fsp3) is 0.778. The SMILES string of the molecule is CCOC(C(=O)O)C(=O)OC(C)(C)C. The third-order valence-electron chi connectivity index (χ3n) is 1.18. The predicted octanol–water partition coefficient (Wildman–Crippen LogP) is 0.818. The minimum Gasteiger partial charge on any atom is -0.479 e. The van der Waals surface area contributed by atoms with Gasteiger partial charge in [0.15, 0.2) is 0 Å². The lowest BCUT2D eigenvalue weighted by Gasteiger charge is -2.21. The monoisotopic (exact) mass is 204 g/mol. The van der Waals surface area contributed by atoms with Crippen LogP contribution in [0.25, 0.3) is 0 Å². The van der Waals surface area contributed by atoms with Crippen LogP contribution in [0, 0.1) is 0 Å². The molecule has 0 aromatic carbocycles. The number of esters is 1. The first-order valence-corrected chi connectivity index (χ1v) is 4.35. The third-order valence-corrected chi connectivity index (χ3v) is 1.18. The largest absolute Gasteiger partial charge is 0.479 e. The summed E-state index contributed by atoms with van der Waals surface area (Å²) in [5.41, 5.74) is -0.706. The Kier molecular flexibility index (Phi) is 4.56. The van der Waals surface area contributed by atoms with Crippen molar-refractivity contribution in [1.29, 1.82) is 0 Å². The second-order valence-corrected chi connectivity index (χ2v) is 3.71. The molecule has 0 aliphatic heterocycles. The second kappa shape index (κ2) is 4.95. The van der Waals surface area contributed by atoms with E-state index in [1.165, 1.54) is 0 Å². The van der Waals surface area contributed by atoms with Crippen LogP contribution in [0.3, 0.4) is 0 Å². The number of rotatable bonds is 4. The number of carboxylic acids is 1. The molecule has 1 N–H and O–H groups in total. The van der Waals surface area contributed by atoms with E-state index in [2.05, 4.69) is 0 Å². The molecule has 5 heteroatoms. The van der Waals surface area contributed by atoms with Gasteiger partial charge in [0.25, 0.3) is 6.10 Å². The maximum atomic E-state index is 11.3. The zero-order chi connectivity index (χ0) is 11.4. The minimum atomic E-state index is -1.53. The van der Waals surface area contributed by atoms with Gasteiger partial charge in [0.1, 0.15) is 5.60 Å². The molecule has 0 rings (SSSR count). The van der Waals surface area contributed by atoms with Gasteiger partial charge in [0.05, 0.1) is 0 Å². The van der Waals surface area contributed by atoms with Crippen LogP contribution < -0.4 is 0 Å². The molecular weight excluding hydrogens is 188 g/mol. The van der Waals surface area contributed by atoms with Gasteiger partial charge in [-0.1, -0.05) is 0 Å². The third kappa shape index (κ3) is 4.81. The number of carbonyl (C=O) groups excluding carboxylic acids is 1. The van der Waals surface area contributed by atoms with Gasteiger partial charge in [0, 0.05) is 6.61 Å². The van der Waals surface area contributed by atoms with Gasteiger partial charge < -0.3 is 14.6 Å². The maximum Gasteiger partial charge on any atom is 0.347 e. The van der Waals surface area contributed by atoms with E-state index in [0.29, 0.717) is 0 Å². The van der Waals surface area contributed by atoms with Crippen molar-refractivity contribution in [2.24, 2.45) is 0 Å². The van der Waals surface area contributed by atoms with E-state index in [4.69, 9.17) is 14.6 Å². The number of ether oxygens (including phenoxy) is 2. The summed E-state index contributed by atoms with van der Waals surface area (Å²) in [6.45, 7) is 6.75. The molecule has 0 aromatic rings. The molecule has 0 aliphatic carbocycles. The minimum absolute atomic E-state index is 0.149. The smallest absolute Gasteiger partial charge is 0.347 e. The first-order valence-electron chi connectivity index (χ1n) is 4.35. The standard InChI is InChI=1S/C9H16O5/c1-5-13-6(7(10)11)8(12)14-9(2,3)4/h6H,5H2,1-4H3,(H,10,11). The quantitative estimate of drug-likeness (QED) is 0.542. The van der Waals surface area contributed by atoms with Crippen molar-refractivity contribution in [1.82, 2.24) is 0 Å². The molecule has 0 heterocycles. The van der Waals surface area contributed by atoms with E-state index in [9.17, 15) is 9.59 Å².